The summed E-state index contributed by atoms with van der Waals surface area (Å²) < 4.78 is 15.5. The minimum Gasteiger partial charge on any atom is -0.237 e. The third-order valence-electron chi connectivity index (χ3n) is 3.50. The molecule has 0 fully saturated rings. The SMILES string of the molecule is Cc1ccc(F)cc1-n1nc(C(C)(C)C)cc1C(C)C. The molecular weight excluding hydrogens is 251 g/mol. The first-order valence-corrected chi connectivity index (χ1v) is 7.07. The Labute approximate surface area is 120 Å². The molecule has 0 aliphatic carbocycles. The zero-order valence-corrected chi connectivity index (χ0v) is 13.2. The standard InChI is InChI=1S/C17H23FN2/c1-11(2)14-10-16(17(4,5)6)19-20(14)15-9-13(18)8-7-12(15)3/h7-11H,1-6H3. The fraction of sp³-hybridized carbons (Fsp3) is 0.471. The van der Waals surface area contributed by atoms with Gasteiger partial charge in [-0.1, -0.05) is 40.7 Å². The molecule has 2 aromatic rings. The summed E-state index contributed by atoms with van der Waals surface area (Å²) in [5.41, 5.74) is 3.98. The Morgan fingerprint density at radius 3 is 2.35 bits per heavy atom. The Hall–Kier alpha value is -1.64. The lowest BCUT2D eigenvalue weighted by Gasteiger charge is -2.14. The Kier molecular flexibility index (Phi) is 3.72. The van der Waals surface area contributed by atoms with Crippen molar-refractivity contribution < 1.29 is 4.39 Å². The highest BCUT2D eigenvalue weighted by atomic mass is 19.1. The van der Waals surface area contributed by atoms with Crippen LogP contribution >= 0.6 is 0 Å². The molecule has 20 heavy (non-hydrogen) atoms. The Morgan fingerprint density at radius 2 is 1.80 bits per heavy atom. The Balaban J connectivity index is 2.66. The quantitative estimate of drug-likeness (QED) is 0.773. The molecule has 2 nitrogen and oxygen atoms in total. The van der Waals surface area contributed by atoms with Crippen molar-refractivity contribution in [2.24, 2.45) is 0 Å². The van der Waals surface area contributed by atoms with Crippen molar-refractivity contribution in [1.29, 1.82) is 0 Å². The average Bonchev–Trinajstić information content (AvgIpc) is 2.77. The predicted octanol–water partition coefficient (Wildman–Crippen LogP) is 4.74. The molecule has 0 aliphatic rings. The fourth-order valence-corrected chi connectivity index (χ4v) is 2.18. The molecule has 0 amide bonds. The second-order valence-corrected chi connectivity index (χ2v) is 6.70. The van der Waals surface area contributed by atoms with Crippen LogP contribution in [0.2, 0.25) is 0 Å². The molecule has 1 heterocycles. The summed E-state index contributed by atoms with van der Waals surface area (Å²) >= 11 is 0. The molecule has 0 saturated carbocycles. The molecule has 3 heteroatoms. The maximum Gasteiger partial charge on any atom is 0.125 e. The maximum atomic E-state index is 13.6. The van der Waals surface area contributed by atoms with Crippen LogP contribution in [0.4, 0.5) is 4.39 Å². The van der Waals surface area contributed by atoms with Gasteiger partial charge in [-0.05, 0) is 36.6 Å². The minimum atomic E-state index is -0.229. The first-order chi connectivity index (χ1) is 9.20. The van der Waals surface area contributed by atoms with E-state index in [4.69, 9.17) is 5.10 Å². The minimum absolute atomic E-state index is 0.0177. The van der Waals surface area contributed by atoms with Crippen LogP contribution in [0, 0.1) is 12.7 Å². The van der Waals surface area contributed by atoms with Crippen molar-refractivity contribution in [2.45, 2.75) is 52.9 Å². The van der Waals surface area contributed by atoms with E-state index in [-0.39, 0.29) is 11.2 Å². The third kappa shape index (κ3) is 2.77. The molecule has 1 aromatic heterocycles. The van der Waals surface area contributed by atoms with Crippen LogP contribution in [0.3, 0.4) is 0 Å². The van der Waals surface area contributed by atoms with E-state index >= 15 is 0 Å². The van der Waals surface area contributed by atoms with E-state index in [1.165, 1.54) is 6.07 Å². The fourth-order valence-electron chi connectivity index (χ4n) is 2.18. The number of hydrogen-bond donors (Lipinski definition) is 0. The number of aromatic nitrogens is 2. The molecule has 0 radical (unpaired) electrons. The van der Waals surface area contributed by atoms with Crippen molar-refractivity contribution >= 4 is 0 Å². The van der Waals surface area contributed by atoms with Gasteiger partial charge in [0.15, 0.2) is 0 Å². The van der Waals surface area contributed by atoms with Gasteiger partial charge in [0.05, 0.1) is 11.4 Å². The van der Waals surface area contributed by atoms with Crippen molar-refractivity contribution in [3.05, 3.63) is 47.0 Å². The number of hydrogen-bond acceptors (Lipinski definition) is 1. The van der Waals surface area contributed by atoms with Gasteiger partial charge in [-0.2, -0.15) is 5.10 Å². The highest BCUT2D eigenvalue weighted by Gasteiger charge is 2.22. The number of nitrogens with zero attached hydrogens (tertiary/aromatic N) is 2. The van der Waals surface area contributed by atoms with Gasteiger partial charge in [0.25, 0.3) is 0 Å². The lowest BCUT2D eigenvalue weighted by atomic mass is 9.91. The predicted molar refractivity (Wildman–Crippen MR) is 81.0 cm³/mol. The van der Waals surface area contributed by atoms with Crippen molar-refractivity contribution in [1.82, 2.24) is 9.78 Å². The van der Waals surface area contributed by atoms with Crippen molar-refractivity contribution in [2.75, 3.05) is 0 Å². The Bertz CT molecular complexity index is 618. The zero-order chi connectivity index (χ0) is 15.1. The van der Waals surface area contributed by atoms with Crippen molar-refractivity contribution in [3.63, 3.8) is 0 Å². The van der Waals surface area contributed by atoms with Crippen LogP contribution in [-0.2, 0) is 5.41 Å². The summed E-state index contributed by atoms with van der Waals surface area (Å²) in [6, 6.07) is 6.98. The normalized spacial score (nSPS) is 12.2. The van der Waals surface area contributed by atoms with Crippen LogP contribution in [0.1, 0.15) is 57.5 Å². The van der Waals surface area contributed by atoms with Gasteiger partial charge in [-0.25, -0.2) is 9.07 Å². The number of halogens is 1. The van der Waals surface area contributed by atoms with Crippen LogP contribution in [0.15, 0.2) is 24.3 Å². The topological polar surface area (TPSA) is 17.8 Å². The van der Waals surface area contributed by atoms with Gasteiger partial charge >= 0.3 is 0 Å². The first kappa shape index (κ1) is 14.8. The molecule has 0 saturated heterocycles. The lowest BCUT2D eigenvalue weighted by Crippen LogP contribution is -2.13. The molecular formula is C17H23FN2. The molecule has 0 spiro atoms. The second kappa shape index (κ2) is 5.04. The van der Waals surface area contributed by atoms with E-state index in [1.54, 1.807) is 12.1 Å². The molecule has 2 rings (SSSR count). The smallest absolute Gasteiger partial charge is 0.125 e. The second-order valence-electron chi connectivity index (χ2n) is 6.70. The van der Waals surface area contributed by atoms with E-state index < -0.39 is 0 Å². The number of benzene rings is 1. The van der Waals surface area contributed by atoms with Gasteiger partial charge < -0.3 is 0 Å². The number of rotatable bonds is 2. The van der Waals surface area contributed by atoms with Gasteiger partial charge in [-0.15, -0.1) is 0 Å². The highest BCUT2D eigenvalue weighted by Crippen LogP contribution is 2.28. The summed E-state index contributed by atoms with van der Waals surface area (Å²) in [5.74, 6) is 0.106. The Morgan fingerprint density at radius 1 is 1.15 bits per heavy atom. The van der Waals surface area contributed by atoms with Gasteiger partial charge in [0.1, 0.15) is 5.82 Å². The van der Waals surface area contributed by atoms with E-state index in [2.05, 4.69) is 40.7 Å². The summed E-state index contributed by atoms with van der Waals surface area (Å²) in [4.78, 5) is 0. The third-order valence-corrected chi connectivity index (χ3v) is 3.50. The van der Waals surface area contributed by atoms with Gasteiger partial charge in [0.2, 0.25) is 0 Å². The molecule has 1 aromatic carbocycles. The lowest BCUT2D eigenvalue weighted by molar-refractivity contribution is 0.558. The summed E-state index contributed by atoms with van der Waals surface area (Å²) in [7, 11) is 0. The van der Waals surface area contributed by atoms with E-state index in [0.29, 0.717) is 5.92 Å². The van der Waals surface area contributed by atoms with E-state index in [0.717, 1.165) is 22.6 Å². The zero-order valence-electron chi connectivity index (χ0n) is 13.2. The molecule has 108 valence electrons. The van der Waals surface area contributed by atoms with E-state index in [9.17, 15) is 4.39 Å². The monoisotopic (exact) mass is 274 g/mol. The van der Waals surface area contributed by atoms with Gasteiger partial charge in [-0.3, -0.25) is 0 Å². The molecule has 0 N–H and O–H groups in total. The molecule has 0 atom stereocenters. The molecule has 0 aliphatic heterocycles. The van der Waals surface area contributed by atoms with E-state index in [1.807, 2.05) is 11.6 Å². The van der Waals surface area contributed by atoms with Crippen LogP contribution < -0.4 is 0 Å². The maximum absolute atomic E-state index is 13.6. The van der Waals surface area contributed by atoms with Crippen molar-refractivity contribution in [3.8, 4) is 5.69 Å². The summed E-state index contributed by atoms with van der Waals surface area (Å²) in [5, 5.41) is 4.72. The summed E-state index contributed by atoms with van der Waals surface area (Å²) in [6.07, 6.45) is 0. The van der Waals surface area contributed by atoms with Crippen LogP contribution in [-0.4, -0.2) is 9.78 Å². The highest BCUT2D eigenvalue weighted by molar-refractivity contribution is 5.42. The first-order valence-electron chi connectivity index (χ1n) is 7.07. The van der Waals surface area contributed by atoms with Gasteiger partial charge in [0, 0.05) is 11.1 Å². The molecule has 0 bridgehead atoms. The number of aryl methyl sites for hydroxylation is 1. The molecule has 0 unspecified atom stereocenters. The van der Waals surface area contributed by atoms with Crippen LogP contribution in [0.5, 0.6) is 0 Å². The van der Waals surface area contributed by atoms with Crippen LogP contribution in [0.25, 0.3) is 5.69 Å². The largest absolute Gasteiger partial charge is 0.237 e. The summed E-state index contributed by atoms with van der Waals surface area (Å²) in [6.45, 7) is 12.7. The average molecular weight is 274 g/mol.